The monoisotopic (exact) mass is 571 g/mol. The second-order valence-corrected chi connectivity index (χ2v) is 10.3. The number of alkyl halides is 6. The molecule has 0 aliphatic carbocycles. The van der Waals surface area contributed by atoms with Gasteiger partial charge in [0.2, 0.25) is 11.7 Å². The van der Waals surface area contributed by atoms with Gasteiger partial charge in [-0.25, -0.2) is 4.79 Å². The van der Waals surface area contributed by atoms with Gasteiger partial charge in [-0.3, -0.25) is 4.90 Å². The minimum Gasteiger partial charge on any atom is -0.493 e. The van der Waals surface area contributed by atoms with Crippen LogP contribution in [0.1, 0.15) is 62.2 Å². The van der Waals surface area contributed by atoms with E-state index in [1.165, 1.54) is 23.1 Å². The lowest BCUT2D eigenvalue weighted by Crippen LogP contribution is -2.36. The van der Waals surface area contributed by atoms with Crippen molar-refractivity contribution in [1.82, 2.24) is 15.0 Å². The molecule has 1 aromatic heterocycles. The van der Waals surface area contributed by atoms with E-state index in [0.29, 0.717) is 24.9 Å². The zero-order valence-corrected chi connectivity index (χ0v) is 21.9. The van der Waals surface area contributed by atoms with Crippen LogP contribution in [0, 0.1) is 0 Å². The molecule has 0 spiro atoms. The highest BCUT2D eigenvalue weighted by atomic mass is 19.4. The normalized spacial score (nSPS) is 16.3. The van der Waals surface area contributed by atoms with E-state index in [-0.39, 0.29) is 30.3 Å². The number of carbonyl (C=O) groups is 1. The Balaban J connectivity index is 1.48. The Bertz CT molecular complexity index is 1330. The number of amides is 1. The Morgan fingerprint density at radius 3 is 2.35 bits per heavy atom. The van der Waals surface area contributed by atoms with Crippen LogP contribution in [-0.4, -0.2) is 39.9 Å². The smallest absolute Gasteiger partial charge is 0.419 e. The average Bonchev–Trinajstić information content (AvgIpc) is 3.52. The summed E-state index contributed by atoms with van der Waals surface area (Å²) in [5.41, 5.74) is -2.09. The molecule has 0 N–H and O–H groups in total. The van der Waals surface area contributed by atoms with Crippen LogP contribution < -0.4 is 4.74 Å². The van der Waals surface area contributed by atoms with Gasteiger partial charge in [-0.1, -0.05) is 17.3 Å². The van der Waals surface area contributed by atoms with Crippen molar-refractivity contribution in [2.75, 3.05) is 13.2 Å². The van der Waals surface area contributed by atoms with Crippen molar-refractivity contribution >= 4 is 6.09 Å². The lowest BCUT2D eigenvalue weighted by molar-refractivity contribution is -0.139. The molecule has 1 aliphatic rings. The number of ether oxygens (including phenoxy) is 2. The Kier molecular flexibility index (Phi) is 8.04. The molecule has 7 nitrogen and oxygen atoms in total. The number of aromatic nitrogens is 2. The Labute approximate surface area is 226 Å². The fraction of sp³-hybridized carbons (Fsp3) is 0.444. The van der Waals surface area contributed by atoms with Crippen LogP contribution in [0.15, 0.2) is 47.0 Å². The SMILES string of the molecule is CC(C)(C)OC(=O)N1CCC[C@H]1c1nc(-c2ccc(OCCc3ccc(C(F)(F)F)cc3)c(C(F)(F)F)c2)no1. The number of likely N-dealkylation sites (tertiary alicyclic amines) is 1. The topological polar surface area (TPSA) is 77.7 Å². The zero-order valence-electron chi connectivity index (χ0n) is 21.9. The average molecular weight is 572 g/mol. The summed E-state index contributed by atoms with van der Waals surface area (Å²) >= 11 is 0. The number of benzene rings is 2. The molecule has 1 atom stereocenters. The van der Waals surface area contributed by atoms with Crippen molar-refractivity contribution in [2.45, 2.75) is 64.0 Å². The van der Waals surface area contributed by atoms with E-state index in [9.17, 15) is 31.1 Å². The van der Waals surface area contributed by atoms with Crippen molar-refractivity contribution in [1.29, 1.82) is 0 Å². The fourth-order valence-electron chi connectivity index (χ4n) is 4.21. The number of hydrogen-bond acceptors (Lipinski definition) is 6. The van der Waals surface area contributed by atoms with E-state index >= 15 is 0 Å². The zero-order chi connectivity index (χ0) is 29.3. The summed E-state index contributed by atoms with van der Waals surface area (Å²) in [7, 11) is 0. The highest BCUT2D eigenvalue weighted by Gasteiger charge is 2.38. The third-order valence-corrected chi connectivity index (χ3v) is 6.08. The Morgan fingerprint density at radius 2 is 1.73 bits per heavy atom. The van der Waals surface area contributed by atoms with Crippen molar-refractivity contribution in [3.8, 4) is 17.1 Å². The Hall–Kier alpha value is -3.77. The maximum absolute atomic E-state index is 13.9. The molecule has 40 heavy (non-hydrogen) atoms. The molecule has 2 aromatic carbocycles. The van der Waals surface area contributed by atoms with E-state index in [1.807, 2.05) is 0 Å². The highest BCUT2D eigenvalue weighted by Crippen LogP contribution is 2.39. The van der Waals surface area contributed by atoms with Gasteiger partial charge in [0.1, 0.15) is 17.4 Å². The first-order chi connectivity index (χ1) is 18.6. The Morgan fingerprint density at radius 1 is 1.02 bits per heavy atom. The number of halogens is 6. The van der Waals surface area contributed by atoms with Crippen LogP contribution in [0.5, 0.6) is 5.75 Å². The van der Waals surface area contributed by atoms with Crippen molar-refractivity contribution < 1.29 is 45.1 Å². The first-order valence-electron chi connectivity index (χ1n) is 12.5. The summed E-state index contributed by atoms with van der Waals surface area (Å²) in [4.78, 5) is 18.3. The van der Waals surface area contributed by atoms with Crippen LogP contribution in [0.3, 0.4) is 0 Å². The molecule has 0 bridgehead atoms. The summed E-state index contributed by atoms with van der Waals surface area (Å²) < 4.78 is 95.9. The quantitative estimate of drug-likeness (QED) is 0.286. The van der Waals surface area contributed by atoms with Gasteiger partial charge in [0.25, 0.3) is 0 Å². The van der Waals surface area contributed by atoms with Crippen LogP contribution >= 0.6 is 0 Å². The molecule has 216 valence electrons. The molecule has 1 amide bonds. The number of nitrogens with zero attached hydrogens (tertiary/aromatic N) is 3. The second kappa shape index (κ2) is 11.0. The van der Waals surface area contributed by atoms with Crippen LogP contribution in [0.25, 0.3) is 11.4 Å². The molecule has 13 heteroatoms. The first kappa shape index (κ1) is 29.2. The van der Waals surface area contributed by atoms with Gasteiger partial charge < -0.3 is 14.0 Å². The number of carbonyl (C=O) groups excluding carboxylic acids is 1. The molecular formula is C27H27F6N3O4. The molecule has 1 saturated heterocycles. The maximum Gasteiger partial charge on any atom is 0.419 e. The summed E-state index contributed by atoms with van der Waals surface area (Å²) in [6.07, 6.45) is -8.51. The van der Waals surface area contributed by atoms with Crippen LogP contribution in [0.2, 0.25) is 0 Å². The van der Waals surface area contributed by atoms with Gasteiger partial charge in [0.15, 0.2) is 0 Å². The molecule has 3 aromatic rings. The van der Waals surface area contributed by atoms with Gasteiger partial charge in [-0.2, -0.15) is 31.3 Å². The van der Waals surface area contributed by atoms with E-state index in [2.05, 4.69) is 10.1 Å². The largest absolute Gasteiger partial charge is 0.493 e. The molecule has 0 unspecified atom stereocenters. The van der Waals surface area contributed by atoms with E-state index < -0.39 is 47.0 Å². The predicted octanol–water partition coefficient (Wildman–Crippen LogP) is 7.47. The number of hydrogen-bond donors (Lipinski definition) is 0. The van der Waals surface area contributed by atoms with Crippen LogP contribution in [0.4, 0.5) is 31.1 Å². The van der Waals surface area contributed by atoms with E-state index in [4.69, 9.17) is 14.0 Å². The molecular weight excluding hydrogens is 544 g/mol. The van der Waals surface area contributed by atoms with Crippen molar-refractivity contribution in [3.05, 3.63) is 65.0 Å². The molecule has 0 saturated carbocycles. The van der Waals surface area contributed by atoms with Crippen molar-refractivity contribution in [2.24, 2.45) is 0 Å². The molecule has 1 aliphatic heterocycles. The van der Waals surface area contributed by atoms with E-state index in [1.54, 1.807) is 20.8 Å². The van der Waals surface area contributed by atoms with Crippen LogP contribution in [-0.2, 0) is 23.5 Å². The molecule has 4 rings (SSSR count). The number of rotatable bonds is 6. The lowest BCUT2D eigenvalue weighted by Gasteiger charge is -2.26. The maximum atomic E-state index is 13.9. The highest BCUT2D eigenvalue weighted by molar-refractivity contribution is 5.69. The second-order valence-electron chi connectivity index (χ2n) is 10.3. The third-order valence-electron chi connectivity index (χ3n) is 6.08. The van der Waals surface area contributed by atoms with Crippen molar-refractivity contribution in [3.63, 3.8) is 0 Å². The molecule has 0 radical (unpaired) electrons. The minimum atomic E-state index is -4.77. The van der Waals surface area contributed by atoms with Gasteiger partial charge in [-0.15, -0.1) is 0 Å². The van der Waals surface area contributed by atoms with Gasteiger partial charge in [0.05, 0.1) is 17.7 Å². The van der Waals surface area contributed by atoms with E-state index in [0.717, 1.165) is 24.3 Å². The third kappa shape index (κ3) is 7.05. The standard InChI is InChI=1S/C27H27F6N3O4/c1-25(2,3)39-24(37)36-13-4-5-20(36)23-34-22(35-40-23)17-8-11-21(19(15-17)27(31,32)33)38-14-12-16-6-9-18(10-7-16)26(28,29)30/h6-11,15,20H,4-5,12-14H2,1-3H3/t20-/m0/s1. The summed E-state index contributed by atoms with van der Waals surface area (Å²) in [5, 5.41) is 3.83. The summed E-state index contributed by atoms with van der Waals surface area (Å²) in [5.74, 6) is -0.449. The summed E-state index contributed by atoms with van der Waals surface area (Å²) in [6.45, 7) is 5.43. The molecule has 2 heterocycles. The van der Waals surface area contributed by atoms with Gasteiger partial charge in [0, 0.05) is 18.5 Å². The summed E-state index contributed by atoms with van der Waals surface area (Å²) in [6, 6.07) is 7.06. The predicted molar refractivity (Wildman–Crippen MR) is 130 cm³/mol. The first-order valence-corrected chi connectivity index (χ1v) is 12.5. The minimum absolute atomic E-state index is 0.0271. The fourth-order valence-corrected chi connectivity index (χ4v) is 4.21. The molecule has 1 fully saturated rings. The lowest BCUT2D eigenvalue weighted by atomic mass is 10.1. The van der Waals surface area contributed by atoms with Gasteiger partial charge in [-0.05, 0) is 69.5 Å². The van der Waals surface area contributed by atoms with Gasteiger partial charge >= 0.3 is 18.4 Å².